The van der Waals surface area contributed by atoms with Crippen molar-refractivity contribution < 1.29 is 0 Å². The second-order valence-corrected chi connectivity index (χ2v) is 7.99. The maximum atomic E-state index is 12.3. The van der Waals surface area contributed by atoms with Crippen LogP contribution in [0.3, 0.4) is 0 Å². The highest BCUT2D eigenvalue weighted by molar-refractivity contribution is 5.56. The Labute approximate surface area is 185 Å². The van der Waals surface area contributed by atoms with Crippen LogP contribution in [0.25, 0.3) is 16.9 Å². The Kier molecular flexibility index (Phi) is 5.70. The van der Waals surface area contributed by atoms with E-state index in [1.807, 2.05) is 35.7 Å². The number of hydrogen-bond acceptors (Lipinski definition) is 8. The van der Waals surface area contributed by atoms with Crippen LogP contribution in [0.4, 0.5) is 0 Å². The Balaban J connectivity index is 1.17. The standard InChI is InChI=1S/C22H25N9O/c1-17-2-4-20-24-25-21(31(20)26-17)16-29-12-10-28(11-13-29)14-15-30-22(32)5-3-19(27-30)18-6-8-23-9-7-18/h2-9H,10-16H2,1H3. The lowest BCUT2D eigenvalue weighted by molar-refractivity contribution is 0.120. The summed E-state index contributed by atoms with van der Waals surface area (Å²) in [5.74, 6) is 0.862. The molecule has 0 aliphatic carbocycles. The van der Waals surface area contributed by atoms with Gasteiger partial charge in [-0.15, -0.1) is 10.2 Å². The summed E-state index contributed by atoms with van der Waals surface area (Å²) in [5.41, 5.74) is 3.37. The molecule has 0 radical (unpaired) electrons. The highest BCUT2D eigenvalue weighted by atomic mass is 16.1. The van der Waals surface area contributed by atoms with Crippen LogP contribution in [0, 0.1) is 6.92 Å². The van der Waals surface area contributed by atoms with Gasteiger partial charge in [0, 0.05) is 56.7 Å². The smallest absolute Gasteiger partial charge is 0.266 e. The van der Waals surface area contributed by atoms with E-state index in [0.29, 0.717) is 6.54 Å². The number of aromatic nitrogens is 7. The van der Waals surface area contributed by atoms with Gasteiger partial charge in [-0.1, -0.05) is 0 Å². The van der Waals surface area contributed by atoms with E-state index in [4.69, 9.17) is 0 Å². The predicted octanol–water partition coefficient (Wildman–Crippen LogP) is 0.869. The minimum absolute atomic E-state index is 0.0806. The molecule has 1 fully saturated rings. The molecule has 10 nitrogen and oxygen atoms in total. The third kappa shape index (κ3) is 4.41. The third-order valence-electron chi connectivity index (χ3n) is 5.76. The van der Waals surface area contributed by atoms with Gasteiger partial charge in [-0.25, -0.2) is 4.68 Å². The molecular weight excluding hydrogens is 406 g/mol. The van der Waals surface area contributed by atoms with Crippen LogP contribution in [-0.2, 0) is 13.1 Å². The second-order valence-electron chi connectivity index (χ2n) is 7.99. The van der Waals surface area contributed by atoms with E-state index in [1.165, 1.54) is 0 Å². The van der Waals surface area contributed by atoms with E-state index in [2.05, 4.69) is 35.2 Å². The molecule has 164 valence electrons. The SMILES string of the molecule is Cc1ccc2nnc(CN3CCN(CCn4nc(-c5ccncc5)ccc4=O)CC3)n2n1. The monoisotopic (exact) mass is 431 g/mol. The summed E-state index contributed by atoms with van der Waals surface area (Å²) in [5, 5.41) is 17.6. The van der Waals surface area contributed by atoms with E-state index in [-0.39, 0.29) is 5.56 Å². The molecule has 0 saturated carbocycles. The van der Waals surface area contributed by atoms with Gasteiger partial charge in [-0.05, 0) is 37.3 Å². The Bertz CT molecular complexity index is 1260. The molecule has 5 heterocycles. The number of piperazine rings is 1. The first-order valence-corrected chi connectivity index (χ1v) is 10.8. The van der Waals surface area contributed by atoms with Crippen LogP contribution in [0.2, 0.25) is 0 Å². The third-order valence-corrected chi connectivity index (χ3v) is 5.76. The lowest BCUT2D eigenvalue weighted by Gasteiger charge is -2.34. The average Bonchev–Trinajstić information content (AvgIpc) is 3.22. The molecule has 0 spiro atoms. The van der Waals surface area contributed by atoms with Gasteiger partial charge in [0.05, 0.1) is 24.5 Å². The summed E-state index contributed by atoms with van der Waals surface area (Å²) in [7, 11) is 0. The quantitative estimate of drug-likeness (QED) is 0.444. The Morgan fingerprint density at radius 2 is 1.62 bits per heavy atom. The summed E-state index contributed by atoms with van der Waals surface area (Å²) in [6, 6.07) is 11.0. The van der Waals surface area contributed by atoms with E-state index < -0.39 is 0 Å². The van der Waals surface area contributed by atoms with Gasteiger partial charge < -0.3 is 0 Å². The second kappa shape index (κ2) is 8.93. The summed E-state index contributed by atoms with van der Waals surface area (Å²) in [6.07, 6.45) is 3.46. The van der Waals surface area contributed by atoms with Crippen LogP contribution in [0.1, 0.15) is 11.5 Å². The van der Waals surface area contributed by atoms with E-state index in [0.717, 1.165) is 67.7 Å². The fourth-order valence-electron chi connectivity index (χ4n) is 3.92. The maximum absolute atomic E-state index is 12.3. The normalized spacial score (nSPS) is 15.4. The van der Waals surface area contributed by atoms with Crippen LogP contribution in [0.5, 0.6) is 0 Å². The highest BCUT2D eigenvalue weighted by Gasteiger charge is 2.19. The number of hydrogen-bond donors (Lipinski definition) is 0. The van der Waals surface area contributed by atoms with Gasteiger partial charge in [0.2, 0.25) is 0 Å². The molecular formula is C22H25N9O. The van der Waals surface area contributed by atoms with Crippen molar-refractivity contribution in [1.29, 1.82) is 0 Å². The van der Waals surface area contributed by atoms with Crippen molar-refractivity contribution in [2.45, 2.75) is 20.0 Å². The zero-order valence-electron chi connectivity index (χ0n) is 18.0. The van der Waals surface area contributed by atoms with Crippen molar-refractivity contribution in [1.82, 2.24) is 44.4 Å². The lowest BCUT2D eigenvalue weighted by atomic mass is 10.2. The number of aryl methyl sites for hydroxylation is 1. The summed E-state index contributed by atoms with van der Waals surface area (Å²) < 4.78 is 3.38. The van der Waals surface area contributed by atoms with Gasteiger partial charge in [0.15, 0.2) is 11.5 Å². The Hall–Kier alpha value is -3.50. The maximum Gasteiger partial charge on any atom is 0.266 e. The number of pyridine rings is 1. The fraction of sp³-hybridized carbons (Fsp3) is 0.364. The molecule has 0 aromatic carbocycles. The molecule has 0 N–H and O–H groups in total. The molecule has 4 aromatic heterocycles. The zero-order valence-corrected chi connectivity index (χ0v) is 18.0. The molecule has 10 heteroatoms. The van der Waals surface area contributed by atoms with Crippen molar-refractivity contribution in [3.05, 3.63) is 70.7 Å². The van der Waals surface area contributed by atoms with Crippen molar-refractivity contribution in [2.24, 2.45) is 0 Å². The fourth-order valence-corrected chi connectivity index (χ4v) is 3.92. The summed E-state index contributed by atoms with van der Waals surface area (Å²) >= 11 is 0. The van der Waals surface area contributed by atoms with Crippen molar-refractivity contribution in [2.75, 3.05) is 32.7 Å². The van der Waals surface area contributed by atoms with Crippen LogP contribution in [-0.4, -0.2) is 77.1 Å². The average molecular weight is 432 g/mol. The van der Waals surface area contributed by atoms with Crippen molar-refractivity contribution in [3.63, 3.8) is 0 Å². The van der Waals surface area contributed by atoms with E-state index in [1.54, 1.807) is 29.2 Å². The number of rotatable bonds is 6. The van der Waals surface area contributed by atoms with Crippen LogP contribution < -0.4 is 5.56 Å². The van der Waals surface area contributed by atoms with Gasteiger partial charge in [0.1, 0.15) is 0 Å². The van der Waals surface area contributed by atoms with Gasteiger partial charge in [-0.3, -0.25) is 19.6 Å². The first-order chi connectivity index (χ1) is 15.7. The molecule has 0 unspecified atom stereocenters. The zero-order chi connectivity index (χ0) is 21.9. The minimum atomic E-state index is -0.0806. The van der Waals surface area contributed by atoms with Gasteiger partial charge >= 0.3 is 0 Å². The molecule has 0 amide bonds. The molecule has 32 heavy (non-hydrogen) atoms. The Morgan fingerprint density at radius 1 is 0.844 bits per heavy atom. The molecule has 4 aromatic rings. The topological polar surface area (TPSA) is 97.3 Å². The molecule has 1 saturated heterocycles. The first-order valence-electron chi connectivity index (χ1n) is 10.8. The minimum Gasteiger partial charge on any atom is -0.299 e. The van der Waals surface area contributed by atoms with E-state index >= 15 is 0 Å². The van der Waals surface area contributed by atoms with Crippen molar-refractivity contribution in [3.8, 4) is 11.3 Å². The first kappa shape index (κ1) is 20.4. The largest absolute Gasteiger partial charge is 0.299 e. The molecule has 1 aliphatic rings. The van der Waals surface area contributed by atoms with Crippen LogP contribution >= 0.6 is 0 Å². The predicted molar refractivity (Wildman–Crippen MR) is 119 cm³/mol. The van der Waals surface area contributed by atoms with Crippen LogP contribution in [0.15, 0.2) is 53.6 Å². The Morgan fingerprint density at radius 3 is 2.44 bits per heavy atom. The lowest BCUT2D eigenvalue weighted by Crippen LogP contribution is -2.47. The number of fused-ring (bicyclic) bond motifs is 1. The number of nitrogens with zero attached hydrogens (tertiary/aromatic N) is 9. The molecule has 1 aliphatic heterocycles. The van der Waals surface area contributed by atoms with Crippen molar-refractivity contribution >= 4 is 5.65 Å². The molecule has 0 bridgehead atoms. The summed E-state index contributed by atoms with van der Waals surface area (Å²) in [4.78, 5) is 21.0. The summed E-state index contributed by atoms with van der Waals surface area (Å²) in [6.45, 7) is 7.77. The van der Waals surface area contributed by atoms with Gasteiger partial charge in [-0.2, -0.15) is 14.7 Å². The highest BCUT2D eigenvalue weighted by Crippen LogP contribution is 2.13. The molecule has 0 atom stereocenters. The van der Waals surface area contributed by atoms with Gasteiger partial charge in [0.25, 0.3) is 5.56 Å². The molecule has 5 rings (SSSR count). The van der Waals surface area contributed by atoms with E-state index in [9.17, 15) is 4.79 Å².